The summed E-state index contributed by atoms with van der Waals surface area (Å²) in [4.78, 5) is 25.0. The molecule has 4 rings (SSSR count). The predicted octanol–water partition coefficient (Wildman–Crippen LogP) is 5.72. The van der Waals surface area contributed by atoms with Gasteiger partial charge in [-0.15, -0.1) is 0 Å². The van der Waals surface area contributed by atoms with E-state index in [0.717, 1.165) is 42.1 Å². The highest BCUT2D eigenvalue weighted by Crippen LogP contribution is 2.38. The number of hydrogen-bond donors (Lipinski definition) is 2. The lowest BCUT2D eigenvalue weighted by Gasteiger charge is -2.31. The van der Waals surface area contributed by atoms with Crippen LogP contribution in [0.5, 0.6) is 5.75 Å². The molecule has 1 fully saturated rings. The maximum Gasteiger partial charge on any atom is 0.305 e. The van der Waals surface area contributed by atoms with E-state index in [0.29, 0.717) is 11.5 Å². The molecule has 1 atom stereocenters. The summed E-state index contributed by atoms with van der Waals surface area (Å²) in [5.74, 6) is 0.152. The molecular weight excluding hydrogens is 480 g/mol. The third kappa shape index (κ3) is 6.54. The minimum atomic E-state index is -0.918. The van der Waals surface area contributed by atoms with Crippen LogP contribution in [-0.4, -0.2) is 52.4 Å². The molecule has 1 saturated carbocycles. The number of nitrogens with one attached hydrogen (secondary N) is 1. The SMILES string of the molecule is CCc1cn(-c2cccc(OC)c2)nc1C(Nc1ccc(C(=O)N(C)CCC(=O)O)cc1)C1CCCCC1. The van der Waals surface area contributed by atoms with Crippen LogP contribution in [0.4, 0.5) is 5.69 Å². The number of ether oxygens (including phenoxy) is 1. The minimum Gasteiger partial charge on any atom is -0.497 e. The summed E-state index contributed by atoms with van der Waals surface area (Å²) in [7, 11) is 3.29. The average Bonchev–Trinajstić information content (AvgIpc) is 3.39. The van der Waals surface area contributed by atoms with Gasteiger partial charge in [0.1, 0.15) is 5.75 Å². The summed E-state index contributed by atoms with van der Waals surface area (Å²) in [6.07, 6.45) is 8.93. The molecule has 38 heavy (non-hydrogen) atoms. The minimum absolute atomic E-state index is 0.0527. The van der Waals surface area contributed by atoms with Gasteiger partial charge in [0.15, 0.2) is 0 Å². The third-order valence-electron chi connectivity index (χ3n) is 7.40. The molecule has 1 aliphatic rings. The maximum atomic E-state index is 12.7. The van der Waals surface area contributed by atoms with Crippen molar-refractivity contribution in [1.29, 1.82) is 0 Å². The van der Waals surface area contributed by atoms with E-state index in [1.807, 2.05) is 41.1 Å². The third-order valence-corrected chi connectivity index (χ3v) is 7.40. The summed E-state index contributed by atoms with van der Waals surface area (Å²) >= 11 is 0. The number of carbonyl (C=O) groups excluding carboxylic acids is 1. The molecule has 1 unspecified atom stereocenters. The second-order valence-corrected chi connectivity index (χ2v) is 10.0. The number of aromatic nitrogens is 2. The Morgan fingerprint density at radius 2 is 1.89 bits per heavy atom. The van der Waals surface area contributed by atoms with Crippen LogP contribution in [0.25, 0.3) is 5.69 Å². The molecule has 0 saturated heterocycles. The maximum absolute atomic E-state index is 12.7. The predicted molar refractivity (Wildman–Crippen MR) is 148 cm³/mol. The molecule has 1 aliphatic carbocycles. The van der Waals surface area contributed by atoms with E-state index in [1.54, 1.807) is 26.3 Å². The van der Waals surface area contributed by atoms with Gasteiger partial charge in [-0.1, -0.05) is 32.3 Å². The summed E-state index contributed by atoms with van der Waals surface area (Å²) in [5.41, 5.74) is 4.71. The first-order valence-corrected chi connectivity index (χ1v) is 13.5. The zero-order valence-electron chi connectivity index (χ0n) is 22.5. The van der Waals surface area contributed by atoms with E-state index in [-0.39, 0.29) is 24.9 Å². The van der Waals surface area contributed by atoms with Gasteiger partial charge in [0.2, 0.25) is 0 Å². The van der Waals surface area contributed by atoms with Crippen molar-refractivity contribution in [3.63, 3.8) is 0 Å². The van der Waals surface area contributed by atoms with Crippen molar-refractivity contribution >= 4 is 17.6 Å². The number of carboxylic acid groups (broad SMARTS) is 1. The number of aliphatic carboxylic acids is 1. The van der Waals surface area contributed by atoms with Crippen LogP contribution < -0.4 is 10.1 Å². The van der Waals surface area contributed by atoms with Gasteiger partial charge in [0.25, 0.3) is 5.91 Å². The van der Waals surface area contributed by atoms with Crippen LogP contribution in [0, 0.1) is 5.92 Å². The molecule has 1 aromatic heterocycles. The van der Waals surface area contributed by atoms with Crippen LogP contribution in [0.2, 0.25) is 0 Å². The van der Waals surface area contributed by atoms with Crippen molar-refractivity contribution < 1.29 is 19.4 Å². The van der Waals surface area contributed by atoms with Crippen molar-refractivity contribution in [1.82, 2.24) is 14.7 Å². The van der Waals surface area contributed by atoms with E-state index >= 15 is 0 Å². The standard InChI is InChI=1S/C30H38N4O4/c1-4-21-20-34(25-11-8-12-26(19-25)38-3)32-29(21)28(22-9-6-5-7-10-22)31-24-15-13-23(14-16-24)30(37)33(2)18-17-27(35)36/h8,11-16,19-20,22,28,31H,4-7,9-10,17-18H2,1-3H3,(H,35,36). The Kier molecular flexibility index (Phi) is 9.05. The molecule has 0 spiro atoms. The average molecular weight is 519 g/mol. The fourth-order valence-corrected chi connectivity index (χ4v) is 5.19. The molecular formula is C30H38N4O4. The number of aryl methyl sites for hydroxylation is 1. The highest BCUT2D eigenvalue weighted by atomic mass is 16.5. The zero-order chi connectivity index (χ0) is 27.1. The van der Waals surface area contributed by atoms with Gasteiger partial charge < -0.3 is 20.1 Å². The lowest BCUT2D eigenvalue weighted by Crippen LogP contribution is -2.29. The quantitative estimate of drug-likeness (QED) is 0.337. The normalized spacial score (nSPS) is 14.6. The lowest BCUT2D eigenvalue weighted by atomic mass is 9.81. The molecule has 8 nitrogen and oxygen atoms in total. The topological polar surface area (TPSA) is 96.7 Å². The zero-order valence-corrected chi connectivity index (χ0v) is 22.5. The molecule has 3 aromatic rings. The largest absolute Gasteiger partial charge is 0.497 e. The molecule has 202 valence electrons. The van der Waals surface area contributed by atoms with Gasteiger partial charge >= 0.3 is 5.97 Å². The second-order valence-electron chi connectivity index (χ2n) is 10.0. The molecule has 8 heteroatoms. The second kappa shape index (κ2) is 12.6. The van der Waals surface area contributed by atoms with E-state index in [2.05, 4.69) is 18.4 Å². The van der Waals surface area contributed by atoms with Crippen molar-refractivity contribution in [2.45, 2.75) is 57.9 Å². The van der Waals surface area contributed by atoms with Gasteiger partial charge in [-0.25, -0.2) is 4.68 Å². The summed E-state index contributed by atoms with van der Waals surface area (Å²) in [6.45, 7) is 2.34. The summed E-state index contributed by atoms with van der Waals surface area (Å²) in [5, 5.41) is 17.8. The number of rotatable bonds is 11. The van der Waals surface area contributed by atoms with Crippen LogP contribution in [0.15, 0.2) is 54.7 Å². The van der Waals surface area contributed by atoms with Crippen molar-refractivity contribution in [3.05, 3.63) is 71.5 Å². The first-order valence-electron chi connectivity index (χ1n) is 13.5. The molecule has 0 aliphatic heterocycles. The highest BCUT2D eigenvalue weighted by molar-refractivity contribution is 5.94. The van der Waals surface area contributed by atoms with Crippen LogP contribution >= 0.6 is 0 Å². The van der Waals surface area contributed by atoms with Crippen molar-refractivity contribution in [2.75, 3.05) is 26.0 Å². The highest BCUT2D eigenvalue weighted by Gasteiger charge is 2.29. The summed E-state index contributed by atoms with van der Waals surface area (Å²) < 4.78 is 7.37. The molecule has 1 heterocycles. The van der Waals surface area contributed by atoms with Gasteiger partial charge in [0.05, 0.1) is 31.0 Å². The first kappa shape index (κ1) is 27.2. The van der Waals surface area contributed by atoms with Crippen LogP contribution in [0.1, 0.15) is 73.1 Å². The molecule has 1 amide bonds. The molecule has 0 radical (unpaired) electrons. The van der Waals surface area contributed by atoms with E-state index in [9.17, 15) is 9.59 Å². The Labute approximate surface area is 224 Å². The van der Waals surface area contributed by atoms with E-state index in [1.165, 1.54) is 29.7 Å². The fourth-order valence-electron chi connectivity index (χ4n) is 5.19. The Bertz CT molecular complexity index is 1230. The van der Waals surface area contributed by atoms with Crippen LogP contribution in [0.3, 0.4) is 0 Å². The van der Waals surface area contributed by atoms with E-state index < -0.39 is 5.97 Å². The Morgan fingerprint density at radius 3 is 2.55 bits per heavy atom. The van der Waals surface area contributed by atoms with Crippen molar-refractivity contribution in [3.8, 4) is 11.4 Å². The van der Waals surface area contributed by atoms with Gasteiger partial charge in [-0.05, 0) is 67.1 Å². The molecule has 2 aromatic carbocycles. The lowest BCUT2D eigenvalue weighted by molar-refractivity contribution is -0.137. The van der Waals surface area contributed by atoms with Gasteiger partial charge in [0, 0.05) is 37.1 Å². The summed E-state index contributed by atoms with van der Waals surface area (Å²) in [6, 6.07) is 15.4. The van der Waals surface area contributed by atoms with Gasteiger partial charge in [-0.3, -0.25) is 9.59 Å². The van der Waals surface area contributed by atoms with Gasteiger partial charge in [-0.2, -0.15) is 5.10 Å². The van der Waals surface area contributed by atoms with E-state index in [4.69, 9.17) is 14.9 Å². The number of carboxylic acids is 1. The number of hydrogen-bond acceptors (Lipinski definition) is 5. The van der Waals surface area contributed by atoms with Crippen molar-refractivity contribution in [2.24, 2.45) is 5.92 Å². The number of nitrogens with zero attached hydrogens (tertiary/aromatic N) is 3. The first-order chi connectivity index (χ1) is 18.4. The Hall–Kier alpha value is -3.81. The molecule has 2 N–H and O–H groups in total. The molecule has 0 bridgehead atoms. The Morgan fingerprint density at radius 1 is 1.16 bits per heavy atom. The monoisotopic (exact) mass is 518 g/mol. The van der Waals surface area contributed by atoms with Crippen LogP contribution in [-0.2, 0) is 11.2 Å². The number of carbonyl (C=O) groups is 2. The number of amides is 1. The smallest absolute Gasteiger partial charge is 0.305 e. The number of benzene rings is 2. The number of methoxy groups -OCH3 is 1. The fraction of sp³-hybridized carbons (Fsp3) is 0.433. The Balaban J connectivity index is 1.59. The number of anilines is 1.